The Hall–Kier alpha value is -2.14. The molecule has 0 aliphatic rings. The summed E-state index contributed by atoms with van der Waals surface area (Å²) in [7, 11) is 0. The predicted octanol–water partition coefficient (Wildman–Crippen LogP) is 1.58. The van der Waals surface area contributed by atoms with Crippen LogP contribution in [0.25, 0.3) is 0 Å². The Kier molecular flexibility index (Phi) is 3.52. The maximum absolute atomic E-state index is 11.6. The number of nitrogens with zero attached hydrogens (tertiary/aromatic N) is 1. The summed E-state index contributed by atoms with van der Waals surface area (Å²) >= 11 is 0. The number of hydrogen-bond acceptors (Lipinski definition) is 3. The van der Waals surface area contributed by atoms with Gasteiger partial charge in [-0.2, -0.15) is 5.10 Å². The van der Waals surface area contributed by atoms with Crippen LogP contribution in [0.2, 0.25) is 0 Å². The number of rotatable bonds is 4. The minimum Gasteiger partial charge on any atom is -0.282 e. The zero-order valence-corrected chi connectivity index (χ0v) is 9.43. The molecular weight excluding hydrogens is 218 g/mol. The van der Waals surface area contributed by atoms with Crippen LogP contribution in [-0.4, -0.2) is 16.1 Å². The summed E-state index contributed by atoms with van der Waals surface area (Å²) in [5, 5.41) is 6.46. The van der Waals surface area contributed by atoms with Crippen LogP contribution in [0.5, 0.6) is 0 Å². The quantitative estimate of drug-likeness (QED) is 0.785. The van der Waals surface area contributed by atoms with Crippen LogP contribution in [0, 0.1) is 6.92 Å². The second-order valence-corrected chi connectivity index (χ2v) is 3.61. The van der Waals surface area contributed by atoms with Gasteiger partial charge in [0.15, 0.2) is 0 Å². The first-order chi connectivity index (χ1) is 8.27. The van der Waals surface area contributed by atoms with E-state index in [1.807, 2.05) is 30.3 Å². The number of hydrogen-bond donors (Lipinski definition) is 2. The van der Waals surface area contributed by atoms with E-state index in [0.717, 1.165) is 5.56 Å². The van der Waals surface area contributed by atoms with Crippen molar-refractivity contribution in [3.63, 3.8) is 0 Å². The molecule has 1 aromatic heterocycles. The molecule has 0 radical (unpaired) electrons. The van der Waals surface area contributed by atoms with Crippen molar-refractivity contribution in [1.29, 1.82) is 0 Å². The molecule has 0 aliphatic carbocycles. The number of aromatic amines is 1. The van der Waals surface area contributed by atoms with Crippen LogP contribution in [0.3, 0.4) is 0 Å². The summed E-state index contributed by atoms with van der Waals surface area (Å²) < 4.78 is 0. The van der Waals surface area contributed by atoms with Gasteiger partial charge in [0.2, 0.25) is 0 Å². The van der Waals surface area contributed by atoms with Gasteiger partial charge in [-0.3, -0.25) is 14.7 Å². The van der Waals surface area contributed by atoms with Crippen LogP contribution >= 0.6 is 0 Å². The summed E-state index contributed by atoms with van der Waals surface area (Å²) in [5.74, 6) is -0.299. The largest absolute Gasteiger partial charge is 0.282 e. The highest BCUT2D eigenvalue weighted by atomic mass is 16.6. The Morgan fingerprint density at radius 2 is 2.18 bits per heavy atom. The number of H-pyrrole nitrogens is 1. The molecule has 0 fully saturated rings. The Balaban J connectivity index is 1.84. The van der Waals surface area contributed by atoms with Crippen LogP contribution in [-0.2, 0) is 11.4 Å². The molecule has 1 aromatic carbocycles. The number of aryl methyl sites for hydroxylation is 1. The Bertz CT molecular complexity index is 493. The van der Waals surface area contributed by atoms with Crippen molar-refractivity contribution in [2.24, 2.45) is 0 Å². The summed E-state index contributed by atoms with van der Waals surface area (Å²) in [6, 6.07) is 9.61. The second-order valence-electron chi connectivity index (χ2n) is 3.61. The highest BCUT2D eigenvalue weighted by Crippen LogP contribution is 2.03. The van der Waals surface area contributed by atoms with Crippen molar-refractivity contribution < 1.29 is 9.63 Å². The summed E-state index contributed by atoms with van der Waals surface area (Å²) in [5.41, 5.74) is 4.57. The molecule has 88 valence electrons. The maximum atomic E-state index is 11.6. The number of carbonyl (C=O) groups is 1. The van der Waals surface area contributed by atoms with Crippen LogP contribution in [0.15, 0.2) is 36.5 Å². The molecule has 0 bridgehead atoms. The van der Waals surface area contributed by atoms with E-state index in [9.17, 15) is 4.79 Å². The van der Waals surface area contributed by atoms with Gasteiger partial charge in [0.25, 0.3) is 5.91 Å². The first kappa shape index (κ1) is 11.3. The van der Waals surface area contributed by atoms with Gasteiger partial charge in [0.1, 0.15) is 0 Å². The van der Waals surface area contributed by atoms with Crippen molar-refractivity contribution in [3.8, 4) is 0 Å². The van der Waals surface area contributed by atoms with Gasteiger partial charge in [-0.05, 0) is 12.5 Å². The lowest BCUT2D eigenvalue weighted by Gasteiger charge is -2.05. The zero-order chi connectivity index (χ0) is 12.1. The Morgan fingerprint density at radius 1 is 1.41 bits per heavy atom. The predicted molar refractivity (Wildman–Crippen MR) is 62.0 cm³/mol. The first-order valence-corrected chi connectivity index (χ1v) is 5.23. The van der Waals surface area contributed by atoms with Gasteiger partial charge in [-0.15, -0.1) is 0 Å². The zero-order valence-electron chi connectivity index (χ0n) is 9.43. The van der Waals surface area contributed by atoms with Crippen molar-refractivity contribution in [1.82, 2.24) is 15.7 Å². The minimum absolute atomic E-state index is 0.299. The van der Waals surface area contributed by atoms with Crippen molar-refractivity contribution in [2.45, 2.75) is 13.5 Å². The number of nitrogens with one attached hydrogen (secondary N) is 2. The highest BCUT2D eigenvalue weighted by molar-refractivity contribution is 5.94. The normalized spacial score (nSPS) is 10.2. The smallest absolute Gasteiger partial charge is 0.278 e. The molecule has 17 heavy (non-hydrogen) atoms. The fourth-order valence-corrected chi connectivity index (χ4v) is 1.39. The molecule has 0 saturated heterocycles. The molecule has 0 saturated carbocycles. The Labute approximate surface area is 98.8 Å². The molecule has 1 amide bonds. The second kappa shape index (κ2) is 5.27. The molecule has 0 atom stereocenters. The van der Waals surface area contributed by atoms with Crippen LogP contribution < -0.4 is 5.48 Å². The van der Waals surface area contributed by atoms with Gasteiger partial charge in [-0.1, -0.05) is 30.3 Å². The fourth-order valence-electron chi connectivity index (χ4n) is 1.39. The molecule has 2 N–H and O–H groups in total. The fraction of sp³-hybridized carbons (Fsp3) is 0.167. The maximum Gasteiger partial charge on any atom is 0.278 e. The van der Waals surface area contributed by atoms with Gasteiger partial charge in [0.05, 0.1) is 18.4 Å². The van der Waals surface area contributed by atoms with Crippen LogP contribution in [0.4, 0.5) is 0 Å². The lowest BCUT2D eigenvalue weighted by molar-refractivity contribution is 0.0233. The number of hydroxylamine groups is 1. The van der Waals surface area contributed by atoms with Gasteiger partial charge >= 0.3 is 0 Å². The van der Waals surface area contributed by atoms with E-state index in [4.69, 9.17) is 4.84 Å². The third-order valence-corrected chi connectivity index (χ3v) is 2.32. The standard InChI is InChI=1S/C12H13N3O2/c1-9-11(7-13-14-9)12(16)15-17-8-10-5-3-2-4-6-10/h2-7H,8H2,1H3,(H,13,14)(H,15,16). The third kappa shape index (κ3) is 2.92. The molecule has 0 aliphatic heterocycles. The van der Waals surface area contributed by atoms with E-state index in [1.54, 1.807) is 6.92 Å². The third-order valence-electron chi connectivity index (χ3n) is 2.32. The Morgan fingerprint density at radius 3 is 2.82 bits per heavy atom. The van der Waals surface area contributed by atoms with E-state index in [0.29, 0.717) is 17.9 Å². The van der Waals surface area contributed by atoms with Gasteiger partial charge < -0.3 is 0 Å². The molecule has 5 nitrogen and oxygen atoms in total. The first-order valence-electron chi connectivity index (χ1n) is 5.23. The van der Waals surface area contributed by atoms with E-state index in [1.165, 1.54) is 6.20 Å². The molecule has 2 rings (SSSR count). The number of benzene rings is 1. The summed E-state index contributed by atoms with van der Waals surface area (Å²) in [6.07, 6.45) is 1.47. The topological polar surface area (TPSA) is 67.0 Å². The SMILES string of the molecule is Cc1[nH]ncc1C(=O)NOCc1ccccc1. The highest BCUT2D eigenvalue weighted by Gasteiger charge is 2.10. The average molecular weight is 231 g/mol. The molecule has 1 heterocycles. The van der Waals surface area contributed by atoms with Gasteiger partial charge in [0, 0.05) is 5.69 Å². The molecular formula is C12H13N3O2. The monoisotopic (exact) mass is 231 g/mol. The lowest BCUT2D eigenvalue weighted by atomic mass is 10.2. The summed E-state index contributed by atoms with van der Waals surface area (Å²) in [6.45, 7) is 2.11. The van der Waals surface area contributed by atoms with Crippen LogP contribution in [0.1, 0.15) is 21.6 Å². The lowest BCUT2D eigenvalue weighted by Crippen LogP contribution is -2.23. The number of aromatic nitrogens is 2. The van der Waals surface area contributed by atoms with E-state index in [-0.39, 0.29) is 5.91 Å². The molecule has 2 aromatic rings. The van der Waals surface area contributed by atoms with E-state index >= 15 is 0 Å². The molecule has 0 spiro atoms. The van der Waals surface area contributed by atoms with E-state index in [2.05, 4.69) is 15.7 Å². The summed E-state index contributed by atoms with van der Waals surface area (Å²) in [4.78, 5) is 16.7. The average Bonchev–Trinajstić information content (AvgIpc) is 2.77. The van der Waals surface area contributed by atoms with E-state index < -0.39 is 0 Å². The van der Waals surface area contributed by atoms with Crippen molar-refractivity contribution in [2.75, 3.05) is 0 Å². The van der Waals surface area contributed by atoms with Crippen molar-refractivity contribution >= 4 is 5.91 Å². The minimum atomic E-state index is -0.299. The molecule has 0 unspecified atom stereocenters. The van der Waals surface area contributed by atoms with Gasteiger partial charge in [-0.25, -0.2) is 5.48 Å². The van der Waals surface area contributed by atoms with Crippen molar-refractivity contribution in [3.05, 3.63) is 53.3 Å². The number of amides is 1. The molecule has 5 heteroatoms. The number of carbonyl (C=O) groups excluding carboxylic acids is 1.